The summed E-state index contributed by atoms with van der Waals surface area (Å²) in [6.07, 6.45) is -4.42. The summed E-state index contributed by atoms with van der Waals surface area (Å²) in [4.78, 5) is 0. The molecule has 7 heteroatoms. The molecule has 0 spiro atoms. The van der Waals surface area contributed by atoms with E-state index in [1.54, 1.807) is 0 Å². The molecular weight excluding hydrogens is 294 g/mol. The highest BCUT2D eigenvalue weighted by atomic mass is 19.4. The van der Waals surface area contributed by atoms with Gasteiger partial charge in [-0.15, -0.1) is 0 Å². The molecule has 124 valence electrons. The smallest absolute Gasteiger partial charge is 0.399 e. The van der Waals surface area contributed by atoms with Crippen LogP contribution in [0.5, 0.6) is 0 Å². The minimum absolute atomic E-state index is 0.207. The fraction of sp³-hybridized carbons (Fsp3) is 0.600. The Morgan fingerprint density at radius 1 is 1.00 bits per heavy atom. The molecule has 1 fully saturated rings. The quantitative estimate of drug-likeness (QED) is 0.636. The van der Waals surface area contributed by atoms with Gasteiger partial charge in [-0.1, -0.05) is 13.8 Å². The zero-order chi connectivity index (χ0) is 17.3. The molecule has 0 unspecified atom stereocenters. The Kier molecular flexibility index (Phi) is 5.24. The molecule has 1 aliphatic rings. The molecule has 0 amide bonds. The van der Waals surface area contributed by atoms with Gasteiger partial charge in [0.25, 0.3) is 0 Å². The van der Waals surface area contributed by atoms with E-state index >= 15 is 0 Å². The molecule has 3 nitrogen and oxygen atoms in total. The number of nitrogens with two attached hydrogens (primary N) is 1. The number of halogens is 3. The summed E-state index contributed by atoms with van der Waals surface area (Å²) < 4.78 is 49.8. The SMILES string of the molecule is CC.CC1(C)OB(c2cc(C(F)(F)F)ccc2N)OC1(C)C. The van der Waals surface area contributed by atoms with E-state index in [0.29, 0.717) is 0 Å². The third kappa shape index (κ3) is 3.58. The summed E-state index contributed by atoms with van der Waals surface area (Å²) in [5.41, 5.74) is 4.17. The highest BCUT2D eigenvalue weighted by Crippen LogP contribution is 2.37. The fourth-order valence-corrected chi connectivity index (χ4v) is 1.93. The zero-order valence-electron chi connectivity index (χ0n) is 13.8. The van der Waals surface area contributed by atoms with Crippen molar-refractivity contribution in [3.8, 4) is 0 Å². The number of anilines is 1. The fourth-order valence-electron chi connectivity index (χ4n) is 1.93. The summed E-state index contributed by atoms with van der Waals surface area (Å²) >= 11 is 0. The molecule has 1 aliphatic heterocycles. The molecule has 1 saturated heterocycles. The maximum atomic E-state index is 12.8. The van der Waals surface area contributed by atoms with Gasteiger partial charge in [0.05, 0.1) is 16.8 Å². The van der Waals surface area contributed by atoms with Gasteiger partial charge < -0.3 is 15.0 Å². The lowest BCUT2D eigenvalue weighted by Gasteiger charge is -2.32. The van der Waals surface area contributed by atoms with Crippen molar-refractivity contribution >= 4 is 18.3 Å². The van der Waals surface area contributed by atoms with Crippen LogP contribution in [0.1, 0.15) is 47.1 Å². The summed E-state index contributed by atoms with van der Waals surface area (Å²) in [7, 11) is -0.901. The minimum atomic E-state index is -4.42. The van der Waals surface area contributed by atoms with Crippen LogP contribution in [-0.4, -0.2) is 18.3 Å². The van der Waals surface area contributed by atoms with Crippen LogP contribution in [0.3, 0.4) is 0 Å². The Balaban J connectivity index is 0.00000116. The molecule has 0 radical (unpaired) electrons. The van der Waals surface area contributed by atoms with E-state index in [1.165, 1.54) is 6.07 Å². The molecule has 1 aromatic rings. The van der Waals surface area contributed by atoms with Gasteiger partial charge in [0.1, 0.15) is 0 Å². The van der Waals surface area contributed by atoms with Gasteiger partial charge in [0.15, 0.2) is 0 Å². The van der Waals surface area contributed by atoms with Gasteiger partial charge in [0.2, 0.25) is 0 Å². The molecule has 0 aromatic heterocycles. The van der Waals surface area contributed by atoms with Crippen molar-refractivity contribution in [1.82, 2.24) is 0 Å². The zero-order valence-corrected chi connectivity index (χ0v) is 13.8. The van der Waals surface area contributed by atoms with Gasteiger partial charge in [-0.2, -0.15) is 13.2 Å². The standard InChI is InChI=1S/C13H17BF3NO2.C2H6/c1-11(2)12(3,4)20-14(19-11)9-7-8(13(15,16)17)5-6-10(9)18;1-2/h5-7H,18H2,1-4H3;1-2H3. The molecule has 2 N–H and O–H groups in total. The Hall–Kier alpha value is -1.21. The van der Waals surface area contributed by atoms with Crippen LogP contribution in [0.15, 0.2) is 18.2 Å². The first kappa shape index (κ1) is 18.8. The molecule has 0 aliphatic carbocycles. The van der Waals surface area contributed by atoms with E-state index in [2.05, 4.69) is 0 Å². The van der Waals surface area contributed by atoms with Gasteiger partial charge >= 0.3 is 13.3 Å². The Morgan fingerprint density at radius 3 is 1.86 bits per heavy atom. The Bertz CT molecular complexity index is 514. The van der Waals surface area contributed by atoms with Crippen molar-refractivity contribution in [2.24, 2.45) is 0 Å². The molecule has 1 aromatic carbocycles. The number of rotatable bonds is 1. The summed E-state index contributed by atoms with van der Waals surface area (Å²) in [6.45, 7) is 11.3. The van der Waals surface area contributed by atoms with E-state index in [-0.39, 0.29) is 11.2 Å². The monoisotopic (exact) mass is 317 g/mol. The predicted molar refractivity (Wildman–Crippen MR) is 82.9 cm³/mol. The maximum absolute atomic E-state index is 12.8. The van der Waals surface area contributed by atoms with Crippen LogP contribution in [0.2, 0.25) is 0 Å². The summed E-state index contributed by atoms with van der Waals surface area (Å²) in [5, 5.41) is 0. The van der Waals surface area contributed by atoms with E-state index < -0.39 is 30.1 Å². The lowest BCUT2D eigenvalue weighted by atomic mass is 9.77. The van der Waals surface area contributed by atoms with Gasteiger partial charge in [0, 0.05) is 11.2 Å². The van der Waals surface area contributed by atoms with Crippen molar-refractivity contribution in [2.45, 2.75) is 58.9 Å². The summed E-state index contributed by atoms with van der Waals surface area (Å²) in [6, 6.07) is 3.16. The number of benzene rings is 1. The van der Waals surface area contributed by atoms with Gasteiger partial charge in [-0.25, -0.2) is 0 Å². The lowest BCUT2D eigenvalue weighted by molar-refractivity contribution is -0.137. The van der Waals surface area contributed by atoms with Crippen molar-refractivity contribution in [3.05, 3.63) is 23.8 Å². The first-order chi connectivity index (χ1) is 9.94. The second-order valence-corrected chi connectivity index (χ2v) is 5.93. The third-order valence-electron chi connectivity index (χ3n) is 3.92. The molecule has 1 heterocycles. The number of hydrogen-bond donors (Lipinski definition) is 1. The minimum Gasteiger partial charge on any atom is -0.399 e. The normalized spacial score (nSPS) is 19.6. The van der Waals surface area contributed by atoms with Crippen LogP contribution in [0.4, 0.5) is 18.9 Å². The number of nitrogen functional groups attached to an aromatic ring is 1. The first-order valence-electron chi connectivity index (χ1n) is 7.26. The van der Waals surface area contributed by atoms with Crippen molar-refractivity contribution in [3.63, 3.8) is 0 Å². The maximum Gasteiger partial charge on any atom is 0.496 e. The van der Waals surface area contributed by atoms with Gasteiger partial charge in [-0.3, -0.25) is 0 Å². The lowest BCUT2D eigenvalue weighted by Crippen LogP contribution is -2.41. The number of hydrogen-bond acceptors (Lipinski definition) is 3. The first-order valence-corrected chi connectivity index (χ1v) is 7.26. The van der Waals surface area contributed by atoms with Crippen LogP contribution in [-0.2, 0) is 15.5 Å². The highest BCUT2D eigenvalue weighted by Gasteiger charge is 2.52. The van der Waals surface area contributed by atoms with E-state index in [4.69, 9.17) is 15.0 Å². The highest BCUT2D eigenvalue weighted by molar-refractivity contribution is 6.63. The predicted octanol–water partition coefficient (Wildman–Crippen LogP) is 3.61. The second kappa shape index (κ2) is 6.12. The average molecular weight is 317 g/mol. The largest absolute Gasteiger partial charge is 0.496 e. The molecule has 2 rings (SSSR count). The van der Waals surface area contributed by atoms with Crippen LogP contribution < -0.4 is 11.2 Å². The van der Waals surface area contributed by atoms with Crippen LogP contribution in [0.25, 0.3) is 0 Å². The Morgan fingerprint density at radius 2 is 1.45 bits per heavy atom. The van der Waals surface area contributed by atoms with Crippen molar-refractivity contribution < 1.29 is 22.5 Å². The van der Waals surface area contributed by atoms with Crippen LogP contribution >= 0.6 is 0 Å². The van der Waals surface area contributed by atoms with E-state index in [1.807, 2.05) is 41.5 Å². The van der Waals surface area contributed by atoms with E-state index in [9.17, 15) is 13.2 Å². The molecule has 0 atom stereocenters. The van der Waals surface area contributed by atoms with Crippen molar-refractivity contribution in [1.29, 1.82) is 0 Å². The summed E-state index contributed by atoms with van der Waals surface area (Å²) in [5.74, 6) is 0. The number of alkyl halides is 3. The Labute approximate surface area is 130 Å². The third-order valence-corrected chi connectivity index (χ3v) is 3.92. The van der Waals surface area contributed by atoms with Crippen LogP contribution in [0, 0.1) is 0 Å². The van der Waals surface area contributed by atoms with Crippen molar-refractivity contribution in [2.75, 3.05) is 5.73 Å². The molecular formula is C15H23BF3NO2. The molecule has 0 bridgehead atoms. The molecule has 0 saturated carbocycles. The average Bonchev–Trinajstić information content (AvgIpc) is 2.59. The topological polar surface area (TPSA) is 44.5 Å². The second-order valence-electron chi connectivity index (χ2n) is 5.93. The molecule has 22 heavy (non-hydrogen) atoms. The van der Waals surface area contributed by atoms with Gasteiger partial charge in [-0.05, 0) is 45.9 Å². The van der Waals surface area contributed by atoms with E-state index in [0.717, 1.165) is 12.1 Å².